The number of nitrogens with zero attached hydrogens (tertiary/aromatic N) is 4. The Morgan fingerprint density at radius 1 is 1.06 bits per heavy atom. The molecule has 0 bridgehead atoms. The second kappa shape index (κ2) is 9.52. The van der Waals surface area contributed by atoms with Crippen LogP contribution in [0.2, 0.25) is 0 Å². The van der Waals surface area contributed by atoms with E-state index < -0.39 is 0 Å². The highest BCUT2D eigenvalue weighted by Crippen LogP contribution is 2.43. The molecule has 5 rings (SSSR count). The molecule has 3 heterocycles. The van der Waals surface area contributed by atoms with Crippen LogP contribution < -0.4 is 4.90 Å². The van der Waals surface area contributed by atoms with Gasteiger partial charge in [0.25, 0.3) is 0 Å². The highest BCUT2D eigenvalue weighted by molar-refractivity contribution is 8.00. The van der Waals surface area contributed by atoms with Crippen molar-refractivity contribution in [3.8, 4) is 0 Å². The van der Waals surface area contributed by atoms with E-state index in [9.17, 15) is 4.79 Å². The highest BCUT2D eigenvalue weighted by atomic mass is 32.2. The second-order valence-electron chi connectivity index (χ2n) is 7.47. The number of fused-ring (bicyclic) bond motifs is 1. The van der Waals surface area contributed by atoms with E-state index in [0.29, 0.717) is 5.75 Å². The second-order valence-corrected chi connectivity index (χ2v) is 10.5. The van der Waals surface area contributed by atoms with Crippen LogP contribution in [0.4, 0.5) is 5.69 Å². The van der Waals surface area contributed by atoms with Gasteiger partial charge in [-0.1, -0.05) is 60.3 Å². The Morgan fingerprint density at radius 2 is 1.88 bits per heavy atom. The van der Waals surface area contributed by atoms with Crippen LogP contribution in [0, 0.1) is 0 Å². The number of aromatic nitrogens is 3. The zero-order chi connectivity index (χ0) is 21.9. The van der Waals surface area contributed by atoms with E-state index in [4.69, 9.17) is 0 Å². The summed E-state index contributed by atoms with van der Waals surface area (Å²) in [4.78, 5) is 17.9. The molecule has 4 aromatic rings. The first-order chi connectivity index (χ1) is 15.7. The Bertz CT molecular complexity index is 1210. The van der Waals surface area contributed by atoms with Crippen molar-refractivity contribution >= 4 is 46.5 Å². The van der Waals surface area contributed by atoms with E-state index in [1.165, 1.54) is 16.6 Å². The average Bonchev–Trinajstić information content (AvgIpc) is 3.47. The molecule has 5 nitrogen and oxygen atoms in total. The van der Waals surface area contributed by atoms with Crippen molar-refractivity contribution in [2.45, 2.75) is 22.5 Å². The van der Waals surface area contributed by atoms with Crippen molar-refractivity contribution in [1.82, 2.24) is 14.8 Å². The largest absolute Gasteiger partial charge is 0.309 e. The minimum Gasteiger partial charge on any atom is -0.309 e. The van der Waals surface area contributed by atoms with Gasteiger partial charge in [0.2, 0.25) is 5.91 Å². The average molecular weight is 479 g/mol. The number of carbonyl (C=O) groups is 1. The summed E-state index contributed by atoms with van der Waals surface area (Å²) in [6.45, 7) is 0. The summed E-state index contributed by atoms with van der Waals surface area (Å²) >= 11 is 4.97. The zero-order valence-electron chi connectivity index (χ0n) is 17.5. The van der Waals surface area contributed by atoms with Gasteiger partial charge in [0.1, 0.15) is 5.82 Å². The Balaban J connectivity index is 1.36. The molecule has 1 aliphatic rings. The molecular weight excluding hydrogens is 456 g/mol. The molecule has 0 N–H and O–H groups in total. The molecule has 0 aliphatic carbocycles. The minimum absolute atomic E-state index is 0.0121. The van der Waals surface area contributed by atoms with Crippen LogP contribution in [0.3, 0.4) is 0 Å². The molecule has 1 aliphatic heterocycles. The van der Waals surface area contributed by atoms with E-state index in [1.54, 1.807) is 11.3 Å². The molecule has 162 valence electrons. The molecule has 0 radical (unpaired) electrons. The third-order valence-electron chi connectivity index (χ3n) is 5.45. The summed E-state index contributed by atoms with van der Waals surface area (Å²) in [6, 6.07) is 22.6. The van der Waals surface area contributed by atoms with Gasteiger partial charge in [0.05, 0.1) is 17.5 Å². The maximum absolute atomic E-state index is 13.5. The first-order valence-corrected chi connectivity index (χ1v) is 13.2. The molecule has 1 atom stereocenters. The van der Waals surface area contributed by atoms with Gasteiger partial charge in [-0.15, -0.1) is 33.3 Å². The number of hydrogen-bond donors (Lipinski definition) is 0. The maximum atomic E-state index is 13.5. The lowest BCUT2D eigenvalue weighted by Gasteiger charge is -2.37. The van der Waals surface area contributed by atoms with Crippen LogP contribution in [-0.2, 0) is 18.3 Å². The fourth-order valence-electron chi connectivity index (χ4n) is 3.81. The summed E-state index contributed by atoms with van der Waals surface area (Å²) in [5.74, 6) is 2.14. The summed E-state index contributed by atoms with van der Waals surface area (Å²) in [6.07, 6.45) is 0.752. The summed E-state index contributed by atoms with van der Waals surface area (Å²) in [7, 11) is 1.97. The van der Waals surface area contributed by atoms with Crippen molar-refractivity contribution in [2.24, 2.45) is 7.05 Å². The molecule has 0 fully saturated rings. The number of hydrogen-bond acceptors (Lipinski definition) is 6. The van der Waals surface area contributed by atoms with Gasteiger partial charge in [0, 0.05) is 29.0 Å². The number of thiophene rings is 1. The lowest BCUT2D eigenvalue weighted by Crippen LogP contribution is -2.39. The molecule has 1 amide bonds. The molecule has 0 unspecified atom stereocenters. The number of amides is 1. The van der Waals surface area contributed by atoms with Gasteiger partial charge in [-0.3, -0.25) is 4.79 Å². The minimum atomic E-state index is 0.0121. The fourth-order valence-corrected chi connectivity index (χ4v) is 6.47. The van der Waals surface area contributed by atoms with Crippen molar-refractivity contribution < 1.29 is 4.79 Å². The Labute approximate surface area is 199 Å². The van der Waals surface area contributed by atoms with Gasteiger partial charge in [0.15, 0.2) is 5.16 Å². The van der Waals surface area contributed by atoms with E-state index in [0.717, 1.165) is 39.3 Å². The Kier molecular flexibility index (Phi) is 6.34. The smallest absolute Gasteiger partial charge is 0.238 e. The standard InChI is InChI=1S/C24H22N4OS3/c1-27-22(14-18-10-7-13-30-18)25-26-24(27)32-16-23(29)28-19-11-5-6-12-21(19)31-15-20(28)17-8-3-2-4-9-17/h2-13,20H,14-16H2,1H3/t20-/m1/s1. The number of anilines is 1. The van der Waals surface area contributed by atoms with Gasteiger partial charge < -0.3 is 9.47 Å². The molecule has 2 aromatic heterocycles. The summed E-state index contributed by atoms with van der Waals surface area (Å²) in [5.41, 5.74) is 2.14. The molecule has 0 saturated carbocycles. The van der Waals surface area contributed by atoms with Crippen LogP contribution in [0.15, 0.2) is 82.2 Å². The zero-order valence-corrected chi connectivity index (χ0v) is 20.0. The first kappa shape index (κ1) is 21.3. The van der Waals surface area contributed by atoms with E-state index in [1.807, 2.05) is 70.7 Å². The molecule has 32 heavy (non-hydrogen) atoms. The predicted octanol–water partition coefficient (Wildman–Crippen LogP) is 5.44. The van der Waals surface area contributed by atoms with E-state index in [2.05, 4.69) is 39.8 Å². The molecule has 8 heteroatoms. The lowest BCUT2D eigenvalue weighted by molar-refractivity contribution is -0.116. The van der Waals surface area contributed by atoms with Crippen molar-refractivity contribution in [2.75, 3.05) is 16.4 Å². The normalized spacial score (nSPS) is 15.5. The quantitative estimate of drug-likeness (QED) is 0.346. The maximum Gasteiger partial charge on any atom is 0.238 e. The summed E-state index contributed by atoms with van der Waals surface area (Å²) in [5, 5.41) is 11.5. The third-order valence-corrected chi connectivity index (χ3v) is 8.47. The van der Waals surface area contributed by atoms with Gasteiger partial charge in [-0.2, -0.15) is 0 Å². The monoisotopic (exact) mass is 478 g/mol. The van der Waals surface area contributed by atoms with Crippen LogP contribution in [0.5, 0.6) is 0 Å². The number of benzene rings is 2. The van der Waals surface area contributed by atoms with Crippen molar-refractivity contribution in [3.05, 3.63) is 88.4 Å². The number of carbonyl (C=O) groups excluding carboxylic acids is 1. The number of rotatable bonds is 6. The van der Waals surface area contributed by atoms with Crippen molar-refractivity contribution in [3.63, 3.8) is 0 Å². The predicted molar refractivity (Wildman–Crippen MR) is 133 cm³/mol. The van der Waals surface area contributed by atoms with Gasteiger partial charge >= 0.3 is 0 Å². The lowest BCUT2D eigenvalue weighted by atomic mass is 10.1. The Morgan fingerprint density at radius 3 is 2.69 bits per heavy atom. The first-order valence-electron chi connectivity index (χ1n) is 10.3. The Hall–Kier alpha value is -2.55. The van der Waals surface area contributed by atoms with Crippen molar-refractivity contribution in [1.29, 1.82) is 0 Å². The van der Waals surface area contributed by atoms with Crippen LogP contribution in [0.25, 0.3) is 0 Å². The SMILES string of the molecule is Cn1c(Cc2cccs2)nnc1SCC(=O)N1c2ccccc2SC[C@@H]1c1ccccc1. The van der Waals surface area contributed by atoms with E-state index in [-0.39, 0.29) is 11.9 Å². The molecule has 0 spiro atoms. The fraction of sp³-hybridized carbons (Fsp3) is 0.208. The van der Waals surface area contributed by atoms with Crippen LogP contribution in [-0.4, -0.2) is 32.2 Å². The summed E-state index contributed by atoms with van der Waals surface area (Å²) < 4.78 is 1.99. The molecule has 2 aromatic carbocycles. The topological polar surface area (TPSA) is 51.0 Å². The number of thioether (sulfide) groups is 2. The number of para-hydroxylation sites is 1. The van der Waals surface area contributed by atoms with Gasteiger partial charge in [-0.25, -0.2) is 0 Å². The van der Waals surface area contributed by atoms with Crippen LogP contribution in [0.1, 0.15) is 22.3 Å². The highest BCUT2D eigenvalue weighted by Gasteiger charge is 2.32. The van der Waals surface area contributed by atoms with Crippen LogP contribution >= 0.6 is 34.9 Å². The molecule has 0 saturated heterocycles. The van der Waals surface area contributed by atoms with Gasteiger partial charge in [-0.05, 0) is 29.1 Å². The third kappa shape index (κ3) is 4.35. The van der Waals surface area contributed by atoms with E-state index >= 15 is 0 Å². The molecular formula is C24H22N4OS3.